The van der Waals surface area contributed by atoms with Crippen LogP contribution in [0.2, 0.25) is 0 Å². The Kier molecular flexibility index (Phi) is 33.4. The molecule has 0 heterocycles. The summed E-state index contributed by atoms with van der Waals surface area (Å²) in [5, 5.41) is 20.8. The molecule has 1 aliphatic rings. The van der Waals surface area contributed by atoms with Crippen LogP contribution < -0.4 is 0 Å². The van der Waals surface area contributed by atoms with Crippen LogP contribution in [0.25, 0.3) is 0 Å². The van der Waals surface area contributed by atoms with Crippen molar-refractivity contribution in [2.45, 2.75) is 167 Å². The van der Waals surface area contributed by atoms with E-state index in [0.29, 0.717) is 36.7 Å². The lowest BCUT2D eigenvalue weighted by atomic mass is 9.88. The Labute approximate surface area is 380 Å². The van der Waals surface area contributed by atoms with Gasteiger partial charge in [-0.05, 0) is 70.6 Å². The molecule has 0 aromatic heterocycles. The number of quaternary nitrogens is 1. The number of aliphatic hydroxyl groups excluding tert-OH is 2. The van der Waals surface area contributed by atoms with E-state index in [1.165, 1.54) is 0 Å². The number of allylic oxidation sites excluding steroid dienone is 10. The summed E-state index contributed by atoms with van der Waals surface area (Å²) in [4.78, 5) is 48.3. The quantitative estimate of drug-likeness (QED) is 0.0177. The zero-order valence-electron chi connectivity index (χ0n) is 39.5. The van der Waals surface area contributed by atoms with Gasteiger partial charge in [-0.25, -0.2) is 4.57 Å². The highest BCUT2D eigenvalue weighted by Crippen LogP contribution is 2.43. The summed E-state index contributed by atoms with van der Waals surface area (Å²) in [5.74, 6) is -1.53. The molecular formula is C50H85NO11P+. The summed E-state index contributed by atoms with van der Waals surface area (Å²) in [7, 11) is 1.31. The number of rotatable bonds is 38. The van der Waals surface area contributed by atoms with Gasteiger partial charge >= 0.3 is 19.8 Å². The van der Waals surface area contributed by atoms with Gasteiger partial charge in [0.2, 0.25) is 0 Å². The van der Waals surface area contributed by atoms with E-state index < -0.39 is 44.7 Å². The zero-order valence-corrected chi connectivity index (χ0v) is 40.4. The van der Waals surface area contributed by atoms with Gasteiger partial charge in [0, 0.05) is 31.1 Å². The number of carbonyl (C=O) groups excluding carboxylic acids is 3. The molecular weight excluding hydrogens is 822 g/mol. The Morgan fingerprint density at radius 3 is 1.97 bits per heavy atom. The van der Waals surface area contributed by atoms with Gasteiger partial charge in [-0.1, -0.05) is 132 Å². The fraction of sp³-hybridized carbons (Fsp3) is 0.700. The summed E-state index contributed by atoms with van der Waals surface area (Å²) in [6.07, 6.45) is 38.5. The van der Waals surface area contributed by atoms with Crippen molar-refractivity contribution >= 4 is 25.5 Å². The molecule has 0 radical (unpaired) electrons. The highest BCUT2D eigenvalue weighted by molar-refractivity contribution is 7.47. The molecule has 0 bridgehead atoms. The Morgan fingerprint density at radius 2 is 1.35 bits per heavy atom. The number of likely N-dealkylation sites (N-methyl/N-ethyl adjacent to an activating group) is 1. The molecule has 0 spiro atoms. The predicted molar refractivity (Wildman–Crippen MR) is 253 cm³/mol. The smallest absolute Gasteiger partial charge is 0.462 e. The van der Waals surface area contributed by atoms with Gasteiger partial charge in [0.15, 0.2) is 6.10 Å². The average Bonchev–Trinajstić information content (AvgIpc) is 3.50. The maximum absolute atomic E-state index is 12.8. The highest BCUT2D eigenvalue weighted by atomic mass is 31.2. The molecule has 0 aromatic carbocycles. The zero-order chi connectivity index (χ0) is 46.6. The topological polar surface area (TPSA) is 166 Å². The van der Waals surface area contributed by atoms with E-state index in [1.54, 1.807) is 6.08 Å². The molecule has 1 saturated carbocycles. The van der Waals surface area contributed by atoms with Gasteiger partial charge in [0.25, 0.3) is 0 Å². The molecule has 360 valence electrons. The van der Waals surface area contributed by atoms with E-state index in [1.807, 2.05) is 27.2 Å². The summed E-state index contributed by atoms with van der Waals surface area (Å²) in [6, 6.07) is 0. The number of aliphatic hydroxyl groups is 2. The lowest BCUT2D eigenvalue weighted by molar-refractivity contribution is -0.870. The van der Waals surface area contributed by atoms with Crippen LogP contribution in [0, 0.1) is 11.8 Å². The number of hydrogen-bond acceptors (Lipinski definition) is 10. The summed E-state index contributed by atoms with van der Waals surface area (Å²) in [6.45, 7) is 3.88. The average molecular weight is 907 g/mol. The molecule has 6 atom stereocenters. The van der Waals surface area contributed by atoms with Gasteiger partial charge in [-0.15, -0.1) is 0 Å². The SMILES string of the molecule is CC/C=C\C/C=C\C/C=C\C/C=C\C/C=C\CCCCCC(=O)O[C@H](COC(=O)CCCCCC[C@H]1C(=O)C[C@@H](O)[C@@H]1/C=C/[C@@H](O)CCCCC)COP(=O)(O)OCC[N+](C)(C)C. The minimum absolute atomic E-state index is 0.0176. The molecule has 63 heavy (non-hydrogen) atoms. The highest BCUT2D eigenvalue weighted by Gasteiger charge is 2.39. The predicted octanol–water partition coefficient (Wildman–Crippen LogP) is 10.4. The number of nitrogens with zero attached hydrogens (tertiary/aromatic N) is 1. The molecule has 13 heteroatoms. The number of ether oxygens (including phenoxy) is 2. The van der Waals surface area contributed by atoms with Gasteiger partial charge in [0.05, 0.1) is 40.0 Å². The molecule has 0 aromatic rings. The van der Waals surface area contributed by atoms with Gasteiger partial charge in [0.1, 0.15) is 25.5 Å². The van der Waals surface area contributed by atoms with Gasteiger partial charge in [-0.2, -0.15) is 0 Å². The van der Waals surface area contributed by atoms with Gasteiger partial charge in [-0.3, -0.25) is 23.4 Å². The van der Waals surface area contributed by atoms with Crippen molar-refractivity contribution in [3.05, 3.63) is 72.9 Å². The molecule has 1 fully saturated rings. The first-order valence-corrected chi connectivity index (χ1v) is 25.3. The third kappa shape index (κ3) is 33.2. The van der Waals surface area contributed by atoms with E-state index in [9.17, 15) is 34.1 Å². The van der Waals surface area contributed by atoms with E-state index in [2.05, 4.69) is 74.6 Å². The molecule has 3 N–H and O–H groups in total. The monoisotopic (exact) mass is 907 g/mol. The van der Waals surface area contributed by atoms with Crippen LogP contribution in [0.15, 0.2) is 72.9 Å². The van der Waals surface area contributed by atoms with Crippen molar-refractivity contribution in [1.82, 2.24) is 0 Å². The molecule has 0 amide bonds. The van der Waals surface area contributed by atoms with Crippen LogP contribution in [-0.4, -0.2) is 103 Å². The van der Waals surface area contributed by atoms with E-state index in [-0.39, 0.29) is 50.1 Å². The van der Waals surface area contributed by atoms with Crippen molar-refractivity contribution in [1.29, 1.82) is 0 Å². The second-order valence-electron chi connectivity index (χ2n) is 17.5. The third-order valence-corrected chi connectivity index (χ3v) is 11.6. The van der Waals surface area contributed by atoms with Crippen molar-refractivity contribution in [2.75, 3.05) is 47.5 Å². The Bertz CT molecular complexity index is 1460. The van der Waals surface area contributed by atoms with Crippen molar-refractivity contribution in [3.63, 3.8) is 0 Å². The molecule has 1 rings (SSSR count). The largest absolute Gasteiger partial charge is 0.472 e. The van der Waals surface area contributed by atoms with Crippen molar-refractivity contribution in [3.8, 4) is 0 Å². The summed E-state index contributed by atoms with van der Waals surface area (Å²) < 4.78 is 34.3. The minimum atomic E-state index is -4.45. The number of phosphoric acid groups is 1. The molecule has 1 unspecified atom stereocenters. The van der Waals surface area contributed by atoms with E-state index in [4.69, 9.17) is 18.5 Å². The standard InChI is InChI=1S/C50H84NO11P/c1-6-8-10-11-12-13-14-15-16-17-18-19-20-21-22-23-24-25-31-35-50(56)62-44(42-61-63(57,58)60-39-38-51(3,4)5)41-59-49(55)34-30-27-26-29-33-45-46(48(54)40-47(45)53)37-36-43(52)32-28-9-7-2/h8,10,12-13,15-16,18-19,21-22,36-37,43-46,48,52,54H,6-7,9,11,14,17,20,23-35,38-42H2,1-5H3/p+1/b10-8-,13-12-,16-15-,19-18-,22-21-,37-36+/t43-,44+,45+,46+,48+/m0/s1. The molecule has 0 saturated heterocycles. The second kappa shape index (κ2) is 36.3. The minimum Gasteiger partial charge on any atom is -0.462 e. The van der Waals surface area contributed by atoms with Crippen LogP contribution in [0.4, 0.5) is 0 Å². The third-order valence-electron chi connectivity index (χ3n) is 10.6. The lowest BCUT2D eigenvalue weighted by Gasteiger charge is -2.24. The number of carbonyl (C=O) groups is 3. The number of hydrogen-bond donors (Lipinski definition) is 3. The molecule has 1 aliphatic carbocycles. The second-order valence-corrected chi connectivity index (χ2v) is 19.0. The Balaban J connectivity index is 2.47. The number of esters is 2. The number of unbranched alkanes of at least 4 members (excludes halogenated alkanes) is 8. The number of Topliss-reactive ketones (excluding diaryl/α,β-unsaturated/α-hetero) is 1. The van der Waals surface area contributed by atoms with Crippen molar-refractivity contribution < 1.29 is 57.1 Å². The van der Waals surface area contributed by atoms with Crippen molar-refractivity contribution in [2.24, 2.45) is 11.8 Å². The molecule has 0 aliphatic heterocycles. The first-order valence-electron chi connectivity index (χ1n) is 23.8. The van der Waals surface area contributed by atoms with Crippen LogP contribution >= 0.6 is 7.82 Å². The first-order chi connectivity index (χ1) is 30.2. The maximum atomic E-state index is 12.8. The maximum Gasteiger partial charge on any atom is 0.472 e. The van der Waals surface area contributed by atoms with Crippen LogP contribution in [0.1, 0.15) is 149 Å². The van der Waals surface area contributed by atoms with Crippen LogP contribution in [-0.2, 0) is 37.5 Å². The Morgan fingerprint density at radius 1 is 0.762 bits per heavy atom. The fourth-order valence-electron chi connectivity index (χ4n) is 6.88. The Hall–Kier alpha value is -2.96. The van der Waals surface area contributed by atoms with Crippen LogP contribution in [0.5, 0.6) is 0 Å². The molecule has 12 nitrogen and oxygen atoms in total. The van der Waals surface area contributed by atoms with E-state index in [0.717, 1.165) is 89.9 Å². The normalized spacial score (nSPS) is 19.4. The number of phosphoric ester groups is 1. The number of ketones is 1. The lowest BCUT2D eigenvalue weighted by Crippen LogP contribution is -2.37. The fourth-order valence-corrected chi connectivity index (χ4v) is 7.62. The summed E-state index contributed by atoms with van der Waals surface area (Å²) in [5.41, 5.74) is 0. The first kappa shape index (κ1) is 58.1. The summed E-state index contributed by atoms with van der Waals surface area (Å²) >= 11 is 0. The van der Waals surface area contributed by atoms with E-state index >= 15 is 0 Å². The van der Waals surface area contributed by atoms with Gasteiger partial charge < -0.3 is 29.1 Å². The van der Waals surface area contributed by atoms with Crippen LogP contribution in [0.3, 0.4) is 0 Å².